The van der Waals surface area contributed by atoms with Gasteiger partial charge in [-0.2, -0.15) is 4.98 Å². The number of aryl methyl sites for hydroxylation is 1. The molecule has 0 aliphatic heterocycles. The Hall–Kier alpha value is -3.75. The number of carbonyl (C=O) groups excluding carboxylic acids is 2. The number of methoxy groups -OCH3 is 1. The molecule has 1 aromatic heterocycles. The van der Waals surface area contributed by atoms with Crippen LogP contribution in [0.2, 0.25) is 0 Å². The van der Waals surface area contributed by atoms with Gasteiger partial charge in [0, 0.05) is 11.1 Å². The summed E-state index contributed by atoms with van der Waals surface area (Å²) in [6.45, 7) is 2.87. The number of esters is 1. The van der Waals surface area contributed by atoms with Crippen molar-refractivity contribution in [1.29, 1.82) is 0 Å². The van der Waals surface area contributed by atoms with Gasteiger partial charge in [-0.05, 0) is 49.7 Å². The van der Waals surface area contributed by atoms with Crippen LogP contribution in [0, 0.1) is 12.7 Å². The van der Waals surface area contributed by atoms with E-state index in [0.29, 0.717) is 22.4 Å². The van der Waals surface area contributed by atoms with Gasteiger partial charge in [0.25, 0.3) is 11.8 Å². The van der Waals surface area contributed by atoms with Crippen LogP contribution >= 0.6 is 0 Å². The van der Waals surface area contributed by atoms with Crippen molar-refractivity contribution in [2.75, 3.05) is 13.7 Å². The average Bonchev–Trinajstić information content (AvgIpc) is 3.24. The van der Waals surface area contributed by atoms with E-state index in [0.717, 1.165) is 0 Å². The topological polar surface area (TPSA) is 104 Å². The van der Waals surface area contributed by atoms with Crippen molar-refractivity contribution in [3.63, 3.8) is 0 Å². The van der Waals surface area contributed by atoms with E-state index >= 15 is 0 Å². The summed E-state index contributed by atoms with van der Waals surface area (Å²) in [4.78, 5) is 28.3. The first-order chi connectivity index (χ1) is 14.4. The molecule has 8 nitrogen and oxygen atoms in total. The lowest BCUT2D eigenvalue weighted by Gasteiger charge is -2.10. The van der Waals surface area contributed by atoms with Gasteiger partial charge >= 0.3 is 5.97 Å². The minimum absolute atomic E-state index is 0.0563. The van der Waals surface area contributed by atoms with Crippen molar-refractivity contribution >= 4 is 11.9 Å². The van der Waals surface area contributed by atoms with Crippen LogP contribution in [0.4, 0.5) is 4.39 Å². The van der Waals surface area contributed by atoms with Crippen LogP contribution < -0.4 is 10.1 Å². The van der Waals surface area contributed by atoms with Gasteiger partial charge in [0.2, 0.25) is 5.82 Å². The second-order valence-corrected chi connectivity index (χ2v) is 6.46. The minimum Gasteiger partial charge on any atom is -0.497 e. The molecule has 0 saturated heterocycles. The average molecular weight is 413 g/mol. The minimum atomic E-state index is -0.841. The van der Waals surface area contributed by atoms with Crippen LogP contribution in [-0.4, -0.2) is 35.7 Å². The Labute approximate surface area is 172 Å². The summed E-state index contributed by atoms with van der Waals surface area (Å²) in [5.41, 5.74) is 1.32. The van der Waals surface area contributed by atoms with E-state index in [1.54, 1.807) is 50.2 Å². The number of hydrogen-bond donors (Lipinski definition) is 1. The van der Waals surface area contributed by atoms with E-state index in [4.69, 9.17) is 14.0 Å². The van der Waals surface area contributed by atoms with Gasteiger partial charge in [-0.1, -0.05) is 17.3 Å². The Balaban J connectivity index is 1.54. The maximum atomic E-state index is 13.7. The second kappa shape index (κ2) is 9.17. The second-order valence-electron chi connectivity index (χ2n) is 6.46. The highest BCUT2D eigenvalue weighted by Gasteiger charge is 2.20. The third-order valence-electron chi connectivity index (χ3n) is 4.27. The lowest BCUT2D eigenvalue weighted by atomic mass is 10.1. The van der Waals surface area contributed by atoms with Crippen LogP contribution in [0.1, 0.15) is 34.8 Å². The zero-order chi connectivity index (χ0) is 21.7. The van der Waals surface area contributed by atoms with Gasteiger partial charge < -0.3 is 19.3 Å². The van der Waals surface area contributed by atoms with E-state index in [-0.39, 0.29) is 24.1 Å². The van der Waals surface area contributed by atoms with Crippen molar-refractivity contribution in [2.45, 2.75) is 20.0 Å². The molecule has 1 heterocycles. The molecular weight excluding hydrogens is 393 g/mol. The predicted molar refractivity (Wildman–Crippen MR) is 104 cm³/mol. The Morgan fingerprint density at radius 1 is 1.20 bits per heavy atom. The summed E-state index contributed by atoms with van der Waals surface area (Å²) in [6.07, 6.45) is -0.841. The Morgan fingerprint density at radius 3 is 2.60 bits per heavy atom. The highest BCUT2D eigenvalue weighted by Crippen LogP contribution is 2.22. The molecular formula is C21H20FN3O5. The summed E-state index contributed by atoms with van der Waals surface area (Å²) in [7, 11) is 1.53. The molecule has 1 unspecified atom stereocenters. The molecule has 3 aromatic rings. The fourth-order valence-corrected chi connectivity index (χ4v) is 2.54. The number of hydrogen-bond acceptors (Lipinski definition) is 7. The highest BCUT2D eigenvalue weighted by molar-refractivity contribution is 5.96. The van der Waals surface area contributed by atoms with Crippen molar-refractivity contribution in [1.82, 2.24) is 15.5 Å². The van der Waals surface area contributed by atoms with E-state index < -0.39 is 18.0 Å². The molecule has 0 fully saturated rings. The molecule has 0 aliphatic carbocycles. The summed E-state index contributed by atoms with van der Waals surface area (Å²) in [5, 5.41) is 6.26. The van der Waals surface area contributed by atoms with Gasteiger partial charge in [0.05, 0.1) is 7.11 Å². The highest BCUT2D eigenvalue weighted by atomic mass is 19.1. The van der Waals surface area contributed by atoms with E-state index in [2.05, 4.69) is 15.5 Å². The number of rotatable bonds is 7. The lowest BCUT2D eigenvalue weighted by molar-refractivity contribution is -0.148. The molecule has 9 heteroatoms. The molecule has 1 atom stereocenters. The molecule has 3 rings (SSSR count). The van der Waals surface area contributed by atoms with E-state index in [1.165, 1.54) is 13.2 Å². The number of aromatic nitrogens is 2. The first kappa shape index (κ1) is 21.0. The van der Waals surface area contributed by atoms with E-state index in [9.17, 15) is 14.0 Å². The number of halogens is 1. The quantitative estimate of drug-likeness (QED) is 0.593. The Kier molecular flexibility index (Phi) is 6.41. The molecule has 0 saturated carbocycles. The van der Waals surface area contributed by atoms with Crippen molar-refractivity contribution in [3.05, 3.63) is 65.3 Å². The molecule has 0 radical (unpaired) electrons. The summed E-state index contributed by atoms with van der Waals surface area (Å²) in [5.74, 6) is -0.632. The number of ether oxygens (including phenoxy) is 2. The fourth-order valence-electron chi connectivity index (χ4n) is 2.54. The Morgan fingerprint density at radius 2 is 1.93 bits per heavy atom. The molecule has 2 aromatic carbocycles. The van der Waals surface area contributed by atoms with Crippen LogP contribution in [-0.2, 0) is 9.53 Å². The predicted octanol–water partition coefficient (Wildman–Crippen LogP) is 3.23. The largest absolute Gasteiger partial charge is 0.497 e. The Bertz CT molecular complexity index is 1050. The number of nitrogens with one attached hydrogen (secondary N) is 1. The molecule has 0 aliphatic rings. The van der Waals surface area contributed by atoms with Crippen molar-refractivity contribution < 1.29 is 28.0 Å². The van der Waals surface area contributed by atoms with Gasteiger partial charge in [-0.25, -0.2) is 4.39 Å². The number of nitrogens with zero attached hydrogens (tertiary/aromatic N) is 2. The zero-order valence-electron chi connectivity index (χ0n) is 16.6. The standard InChI is InChI=1S/C21H20FN3O5/c1-12-4-5-15(10-17(12)22)19-24-21(30-25-19)13(2)29-18(26)11-23-20(27)14-6-8-16(28-3)9-7-14/h4-10,13H,11H2,1-3H3,(H,23,27). The SMILES string of the molecule is COc1ccc(C(=O)NCC(=O)OC(C)c2nc(-c3ccc(C)c(F)c3)no2)cc1. The van der Waals surface area contributed by atoms with Crippen LogP contribution in [0.3, 0.4) is 0 Å². The molecule has 0 spiro atoms. The smallest absolute Gasteiger partial charge is 0.326 e. The maximum Gasteiger partial charge on any atom is 0.326 e. The number of benzene rings is 2. The van der Waals surface area contributed by atoms with Crippen LogP contribution in [0.25, 0.3) is 11.4 Å². The van der Waals surface area contributed by atoms with Gasteiger partial charge in [0.1, 0.15) is 18.1 Å². The summed E-state index contributed by atoms with van der Waals surface area (Å²) < 4.78 is 29.1. The van der Waals surface area contributed by atoms with E-state index in [1.807, 2.05) is 0 Å². The molecule has 0 bridgehead atoms. The van der Waals surface area contributed by atoms with Crippen molar-refractivity contribution in [2.24, 2.45) is 0 Å². The van der Waals surface area contributed by atoms with Gasteiger partial charge in [0.15, 0.2) is 6.10 Å². The third-order valence-corrected chi connectivity index (χ3v) is 4.27. The van der Waals surface area contributed by atoms with Crippen molar-refractivity contribution in [3.8, 4) is 17.1 Å². The molecule has 1 N–H and O–H groups in total. The fraction of sp³-hybridized carbons (Fsp3) is 0.238. The summed E-state index contributed by atoms with van der Waals surface area (Å²) in [6, 6.07) is 11.0. The number of amides is 1. The molecule has 156 valence electrons. The third kappa shape index (κ3) is 4.99. The molecule has 1 amide bonds. The van der Waals surface area contributed by atoms with Gasteiger partial charge in [-0.15, -0.1) is 0 Å². The first-order valence-electron chi connectivity index (χ1n) is 9.09. The molecule has 30 heavy (non-hydrogen) atoms. The maximum absolute atomic E-state index is 13.7. The first-order valence-corrected chi connectivity index (χ1v) is 9.09. The van der Waals surface area contributed by atoms with Crippen LogP contribution in [0.15, 0.2) is 47.0 Å². The van der Waals surface area contributed by atoms with Crippen LogP contribution in [0.5, 0.6) is 5.75 Å². The zero-order valence-corrected chi connectivity index (χ0v) is 16.6. The normalized spacial score (nSPS) is 11.6. The van der Waals surface area contributed by atoms with Gasteiger partial charge in [-0.3, -0.25) is 9.59 Å². The lowest BCUT2D eigenvalue weighted by Crippen LogP contribution is -2.31. The number of carbonyl (C=O) groups is 2. The monoisotopic (exact) mass is 413 g/mol. The summed E-state index contributed by atoms with van der Waals surface area (Å²) >= 11 is 0.